The second-order valence-corrected chi connectivity index (χ2v) is 6.10. The molecule has 2 heterocycles. The summed E-state index contributed by atoms with van der Waals surface area (Å²) in [6.45, 7) is 4.20. The van der Waals surface area contributed by atoms with Gasteiger partial charge in [-0.2, -0.15) is 0 Å². The Kier molecular flexibility index (Phi) is 4.29. The molecule has 1 N–H and O–H groups in total. The third-order valence-electron chi connectivity index (χ3n) is 4.02. The number of anilines is 1. The molecule has 0 amide bonds. The van der Waals surface area contributed by atoms with E-state index < -0.39 is 0 Å². The molecule has 1 unspecified atom stereocenters. The zero-order valence-corrected chi connectivity index (χ0v) is 14.0. The zero-order valence-electron chi connectivity index (χ0n) is 12.4. The summed E-state index contributed by atoms with van der Waals surface area (Å²) in [4.78, 5) is 9.40. The number of furan rings is 1. The summed E-state index contributed by atoms with van der Waals surface area (Å²) < 4.78 is 6.42. The van der Waals surface area contributed by atoms with Crippen LogP contribution < -0.4 is 5.32 Å². The topological polar surface area (TPSA) is 51.0 Å². The average Bonchev–Trinajstić information content (AvgIpc) is 2.98. The standard InChI is InChI=1S/C16H20BrN3O/c1-3-11-15(17)18-12(4-2)16(19-11)20-13-6-5-7-14-10(13)8-9-21-14/h8-9,13H,3-7H2,1-2H3,(H,19,20). The number of rotatable bonds is 4. The molecule has 0 fully saturated rings. The quantitative estimate of drug-likeness (QED) is 0.885. The molecule has 2 aromatic rings. The van der Waals surface area contributed by atoms with Gasteiger partial charge in [-0.3, -0.25) is 0 Å². The van der Waals surface area contributed by atoms with E-state index in [0.717, 1.165) is 59.7 Å². The van der Waals surface area contributed by atoms with Crippen LogP contribution in [0.1, 0.15) is 55.4 Å². The molecule has 0 bridgehead atoms. The monoisotopic (exact) mass is 349 g/mol. The summed E-state index contributed by atoms with van der Waals surface area (Å²) >= 11 is 3.51. The van der Waals surface area contributed by atoms with E-state index in [1.54, 1.807) is 6.26 Å². The van der Waals surface area contributed by atoms with E-state index in [0.29, 0.717) is 0 Å². The number of aryl methyl sites for hydroxylation is 3. The second-order valence-electron chi connectivity index (χ2n) is 5.35. The number of hydrogen-bond donors (Lipinski definition) is 1. The number of nitrogens with one attached hydrogen (secondary N) is 1. The van der Waals surface area contributed by atoms with E-state index in [4.69, 9.17) is 9.40 Å². The van der Waals surface area contributed by atoms with Crippen LogP contribution in [0.15, 0.2) is 21.3 Å². The summed E-state index contributed by atoms with van der Waals surface area (Å²) in [7, 11) is 0. The Balaban J connectivity index is 1.92. The van der Waals surface area contributed by atoms with Crippen LogP contribution >= 0.6 is 15.9 Å². The van der Waals surface area contributed by atoms with Gasteiger partial charge in [-0.15, -0.1) is 0 Å². The van der Waals surface area contributed by atoms with Crippen molar-refractivity contribution in [2.45, 2.75) is 52.0 Å². The minimum Gasteiger partial charge on any atom is -0.469 e. The van der Waals surface area contributed by atoms with Gasteiger partial charge in [0, 0.05) is 12.0 Å². The predicted molar refractivity (Wildman–Crippen MR) is 86.5 cm³/mol. The molecule has 0 saturated carbocycles. The molecule has 3 rings (SSSR count). The Hall–Kier alpha value is -1.36. The summed E-state index contributed by atoms with van der Waals surface area (Å²) in [6.07, 6.45) is 6.80. The maximum atomic E-state index is 5.56. The highest BCUT2D eigenvalue weighted by molar-refractivity contribution is 9.10. The fourth-order valence-electron chi connectivity index (χ4n) is 2.87. The molecule has 0 saturated heterocycles. The lowest BCUT2D eigenvalue weighted by molar-refractivity contribution is 0.461. The maximum absolute atomic E-state index is 5.56. The van der Waals surface area contributed by atoms with Crippen molar-refractivity contribution in [1.82, 2.24) is 9.97 Å². The molecule has 0 radical (unpaired) electrons. The highest BCUT2D eigenvalue weighted by Gasteiger charge is 2.24. The molecule has 112 valence electrons. The fourth-order valence-corrected chi connectivity index (χ4v) is 3.45. The van der Waals surface area contributed by atoms with E-state index in [2.05, 4.69) is 46.1 Å². The number of fused-ring (bicyclic) bond motifs is 1. The molecule has 21 heavy (non-hydrogen) atoms. The number of nitrogens with zero attached hydrogens (tertiary/aromatic N) is 2. The first-order valence-electron chi connectivity index (χ1n) is 7.61. The zero-order chi connectivity index (χ0) is 14.8. The van der Waals surface area contributed by atoms with E-state index in [-0.39, 0.29) is 6.04 Å². The Bertz CT molecular complexity index is 638. The number of hydrogen-bond acceptors (Lipinski definition) is 4. The van der Waals surface area contributed by atoms with E-state index >= 15 is 0 Å². The molecule has 1 aliphatic carbocycles. The third kappa shape index (κ3) is 2.84. The lowest BCUT2D eigenvalue weighted by Crippen LogP contribution is -2.18. The Labute approximate surface area is 133 Å². The molecule has 0 spiro atoms. The SMILES string of the molecule is CCc1nc(NC2CCCc3occc32)c(CC)nc1Br. The third-order valence-corrected chi connectivity index (χ3v) is 4.66. The molecule has 1 atom stereocenters. The Morgan fingerprint density at radius 1 is 1.29 bits per heavy atom. The van der Waals surface area contributed by atoms with E-state index in [1.807, 2.05) is 0 Å². The summed E-state index contributed by atoms with van der Waals surface area (Å²) in [5.41, 5.74) is 3.28. The van der Waals surface area contributed by atoms with Gasteiger partial charge >= 0.3 is 0 Å². The normalized spacial score (nSPS) is 17.6. The van der Waals surface area contributed by atoms with Gasteiger partial charge in [-0.25, -0.2) is 9.97 Å². The molecular formula is C16H20BrN3O. The van der Waals surface area contributed by atoms with Crippen LogP contribution in [0.3, 0.4) is 0 Å². The smallest absolute Gasteiger partial charge is 0.148 e. The van der Waals surface area contributed by atoms with Crippen LogP contribution in [0.2, 0.25) is 0 Å². The molecule has 4 nitrogen and oxygen atoms in total. The highest BCUT2D eigenvalue weighted by atomic mass is 79.9. The molecule has 1 aliphatic rings. The van der Waals surface area contributed by atoms with Crippen LogP contribution in [0.4, 0.5) is 5.82 Å². The van der Waals surface area contributed by atoms with Crippen molar-refractivity contribution in [1.29, 1.82) is 0 Å². The fraction of sp³-hybridized carbons (Fsp3) is 0.500. The van der Waals surface area contributed by atoms with Crippen molar-refractivity contribution in [3.05, 3.63) is 39.6 Å². The molecule has 5 heteroatoms. The largest absolute Gasteiger partial charge is 0.469 e. The predicted octanol–water partition coefficient (Wildman–Crippen LogP) is 4.45. The summed E-state index contributed by atoms with van der Waals surface area (Å²) in [5.74, 6) is 2.02. The van der Waals surface area contributed by atoms with Gasteiger partial charge < -0.3 is 9.73 Å². The van der Waals surface area contributed by atoms with Gasteiger partial charge in [0.25, 0.3) is 0 Å². The van der Waals surface area contributed by atoms with Gasteiger partial charge in [0.15, 0.2) is 0 Å². The summed E-state index contributed by atoms with van der Waals surface area (Å²) in [5, 5.41) is 3.59. The minimum absolute atomic E-state index is 0.276. The van der Waals surface area contributed by atoms with Crippen molar-refractivity contribution < 1.29 is 4.42 Å². The van der Waals surface area contributed by atoms with Crippen molar-refractivity contribution in [3.8, 4) is 0 Å². The molecule has 0 aromatic carbocycles. The Morgan fingerprint density at radius 2 is 2.10 bits per heavy atom. The van der Waals surface area contributed by atoms with Crippen molar-refractivity contribution in [2.75, 3.05) is 5.32 Å². The van der Waals surface area contributed by atoms with Gasteiger partial charge in [0.1, 0.15) is 16.2 Å². The first-order chi connectivity index (χ1) is 10.2. The average molecular weight is 350 g/mol. The van der Waals surface area contributed by atoms with Crippen LogP contribution in [-0.2, 0) is 19.3 Å². The molecule has 2 aromatic heterocycles. The van der Waals surface area contributed by atoms with E-state index in [1.165, 1.54) is 5.56 Å². The van der Waals surface area contributed by atoms with Crippen molar-refractivity contribution in [3.63, 3.8) is 0 Å². The van der Waals surface area contributed by atoms with Crippen molar-refractivity contribution in [2.24, 2.45) is 0 Å². The van der Waals surface area contributed by atoms with Crippen LogP contribution in [-0.4, -0.2) is 9.97 Å². The lowest BCUT2D eigenvalue weighted by atomic mass is 9.93. The van der Waals surface area contributed by atoms with Crippen LogP contribution in [0, 0.1) is 0 Å². The summed E-state index contributed by atoms with van der Waals surface area (Å²) in [6, 6.07) is 2.35. The maximum Gasteiger partial charge on any atom is 0.148 e. The first kappa shape index (κ1) is 14.6. The molecule has 0 aliphatic heterocycles. The molecular weight excluding hydrogens is 330 g/mol. The lowest BCUT2D eigenvalue weighted by Gasteiger charge is -2.24. The van der Waals surface area contributed by atoms with Gasteiger partial charge in [0.2, 0.25) is 0 Å². The van der Waals surface area contributed by atoms with Gasteiger partial charge in [-0.05, 0) is 47.7 Å². The second kappa shape index (κ2) is 6.18. The van der Waals surface area contributed by atoms with Crippen molar-refractivity contribution >= 4 is 21.7 Å². The number of halogens is 1. The van der Waals surface area contributed by atoms with Crippen LogP contribution in [0.25, 0.3) is 0 Å². The van der Waals surface area contributed by atoms with E-state index in [9.17, 15) is 0 Å². The highest BCUT2D eigenvalue weighted by Crippen LogP contribution is 2.33. The number of aromatic nitrogens is 2. The van der Waals surface area contributed by atoms with Gasteiger partial charge in [-0.1, -0.05) is 13.8 Å². The minimum atomic E-state index is 0.276. The van der Waals surface area contributed by atoms with Gasteiger partial charge in [0.05, 0.1) is 23.7 Å². The first-order valence-corrected chi connectivity index (χ1v) is 8.40. The Morgan fingerprint density at radius 3 is 2.86 bits per heavy atom. The van der Waals surface area contributed by atoms with Crippen LogP contribution in [0.5, 0.6) is 0 Å².